The van der Waals surface area contributed by atoms with Gasteiger partial charge in [-0.15, -0.1) is 0 Å². The molecule has 1 aliphatic heterocycles. The van der Waals surface area contributed by atoms with Gasteiger partial charge in [0.2, 0.25) is 5.91 Å². The first-order valence-electron chi connectivity index (χ1n) is 9.61. The van der Waals surface area contributed by atoms with Crippen LogP contribution in [0.1, 0.15) is 38.3 Å². The third-order valence-electron chi connectivity index (χ3n) is 4.85. The summed E-state index contributed by atoms with van der Waals surface area (Å²) in [6, 6.07) is 20.3. The second kappa shape index (κ2) is 8.68. The fraction of sp³-hybridized carbons (Fsp3) is 0.435. The third kappa shape index (κ3) is 5.65. The molecule has 2 atom stereocenters. The molecule has 0 radical (unpaired) electrons. The molecule has 1 aliphatic rings. The van der Waals surface area contributed by atoms with Crippen LogP contribution in [0.4, 0.5) is 0 Å². The molecule has 1 heterocycles. The summed E-state index contributed by atoms with van der Waals surface area (Å²) >= 11 is 0. The second-order valence-electron chi connectivity index (χ2n) is 7.75. The lowest BCUT2D eigenvalue weighted by Gasteiger charge is -2.27. The van der Waals surface area contributed by atoms with Crippen LogP contribution in [0.2, 0.25) is 0 Å². The van der Waals surface area contributed by atoms with Crippen molar-refractivity contribution >= 4 is 5.91 Å². The molecule has 2 aromatic rings. The van der Waals surface area contributed by atoms with Crippen molar-refractivity contribution in [3.8, 4) is 0 Å². The number of rotatable bonds is 7. The summed E-state index contributed by atoms with van der Waals surface area (Å²) < 4.78 is 11.5. The zero-order valence-corrected chi connectivity index (χ0v) is 16.4. The average Bonchev–Trinajstić information content (AvgIpc) is 3.00. The van der Waals surface area contributed by atoms with E-state index in [4.69, 9.17) is 9.47 Å². The minimum atomic E-state index is -0.554. The van der Waals surface area contributed by atoms with Gasteiger partial charge in [0.25, 0.3) is 0 Å². The molecule has 27 heavy (non-hydrogen) atoms. The van der Waals surface area contributed by atoms with Crippen molar-refractivity contribution in [2.75, 3.05) is 6.61 Å². The molecule has 2 aromatic carbocycles. The van der Waals surface area contributed by atoms with Crippen LogP contribution in [0.25, 0.3) is 0 Å². The van der Waals surface area contributed by atoms with Gasteiger partial charge >= 0.3 is 0 Å². The Morgan fingerprint density at radius 3 is 2.00 bits per heavy atom. The van der Waals surface area contributed by atoms with Crippen LogP contribution < -0.4 is 0 Å². The van der Waals surface area contributed by atoms with Crippen molar-refractivity contribution in [1.29, 1.82) is 0 Å². The summed E-state index contributed by atoms with van der Waals surface area (Å²) in [4.78, 5) is 15.2. The summed E-state index contributed by atoms with van der Waals surface area (Å²) in [5, 5.41) is 0. The van der Waals surface area contributed by atoms with Gasteiger partial charge in [-0.1, -0.05) is 67.6 Å². The Morgan fingerprint density at radius 2 is 1.56 bits per heavy atom. The first-order chi connectivity index (χ1) is 12.9. The minimum absolute atomic E-state index is 0.0331. The molecule has 4 heteroatoms. The molecule has 0 spiro atoms. The van der Waals surface area contributed by atoms with Crippen LogP contribution in [0.15, 0.2) is 60.7 Å². The van der Waals surface area contributed by atoms with E-state index >= 15 is 0 Å². The van der Waals surface area contributed by atoms with Crippen LogP contribution in [-0.4, -0.2) is 29.3 Å². The summed E-state index contributed by atoms with van der Waals surface area (Å²) in [6.07, 6.45) is 0.636. The number of hydrogen-bond donors (Lipinski definition) is 0. The van der Waals surface area contributed by atoms with Crippen molar-refractivity contribution in [2.24, 2.45) is 5.92 Å². The van der Waals surface area contributed by atoms with Gasteiger partial charge in [-0.2, -0.15) is 0 Å². The molecule has 0 aliphatic carbocycles. The van der Waals surface area contributed by atoms with E-state index in [9.17, 15) is 4.79 Å². The fourth-order valence-electron chi connectivity index (χ4n) is 3.51. The van der Waals surface area contributed by atoms with E-state index in [2.05, 4.69) is 24.3 Å². The first kappa shape index (κ1) is 19.6. The average molecular weight is 367 g/mol. The molecule has 1 saturated heterocycles. The van der Waals surface area contributed by atoms with E-state index in [1.165, 1.54) is 0 Å². The van der Waals surface area contributed by atoms with E-state index in [0.29, 0.717) is 26.1 Å². The van der Waals surface area contributed by atoms with Crippen molar-refractivity contribution in [3.05, 3.63) is 71.8 Å². The first-order valence-corrected chi connectivity index (χ1v) is 9.61. The molecule has 144 valence electrons. The minimum Gasteiger partial charge on any atom is -0.348 e. The maximum absolute atomic E-state index is 13.2. The molecular formula is C23H29NO3. The molecule has 1 fully saturated rings. The molecule has 0 unspecified atom stereocenters. The molecule has 0 N–H and O–H groups in total. The Morgan fingerprint density at radius 1 is 1.04 bits per heavy atom. The quantitative estimate of drug-likeness (QED) is 0.728. The predicted octanol–water partition coefficient (Wildman–Crippen LogP) is 4.39. The molecular weight excluding hydrogens is 338 g/mol. The number of nitrogens with zero attached hydrogens (tertiary/aromatic N) is 1. The largest absolute Gasteiger partial charge is 0.348 e. The summed E-state index contributed by atoms with van der Waals surface area (Å²) in [6.45, 7) is 7.56. The Bertz CT molecular complexity index is 688. The number of ether oxygens (including phenoxy) is 2. The lowest BCUT2D eigenvalue weighted by molar-refractivity contribution is -0.146. The second-order valence-corrected chi connectivity index (χ2v) is 7.75. The van der Waals surface area contributed by atoms with Crippen molar-refractivity contribution in [2.45, 2.75) is 52.2 Å². The van der Waals surface area contributed by atoms with E-state index in [-0.39, 0.29) is 17.9 Å². The number of benzene rings is 2. The number of carbonyl (C=O) groups excluding carboxylic acids is 1. The topological polar surface area (TPSA) is 38.8 Å². The van der Waals surface area contributed by atoms with Gasteiger partial charge in [0.15, 0.2) is 5.79 Å². The number of hydrogen-bond acceptors (Lipinski definition) is 3. The van der Waals surface area contributed by atoms with Crippen molar-refractivity contribution in [1.82, 2.24) is 4.90 Å². The van der Waals surface area contributed by atoms with Gasteiger partial charge in [0.1, 0.15) is 0 Å². The van der Waals surface area contributed by atoms with Gasteiger partial charge in [0, 0.05) is 19.0 Å². The van der Waals surface area contributed by atoms with Crippen molar-refractivity contribution in [3.63, 3.8) is 0 Å². The molecule has 0 saturated carbocycles. The van der Waals surface area contributed by atoms with Crippen LogP contribution in [0.5, 0.6) is 0 Å². The lowest BCUT2D eigenvalue weighted by Crippen LogP contribution is -2.36. The van der Waals surface area contributed by atoms with E-state index in [1.807, 2.05) is 62.1 Å². The normalized spacial score (nSPS) is 19.6. The highest BCUT2D eigenvalue weighted by atomic mass is 16.7. The highest BCUT2D eigenvalue weighted by Gasteiger charge is 2.35. The van der Waals surface area contributed by atoms with Gasteiger partial charge in [-0.3, -0.25) is 4.79 Å². The molecule has 0 bridgehead atoms. The molecule has 1 amide bonds. The Balaban J connectivity index is 1.69. The highest BCUT2D eigenvalue weighted by molar-refractivity contribution is 5.78. The summed E-state index contributed by atoms with van der Waals surface area (Å²) in [5.74, 6) is -0.530. The SMILES string of the molecule is C[C@H](C[C@H]1COC(C)(C)O1)C(=O)N(Cc1ccccc1)Cc1ccccc1. The molecule has 0 aromatic heterocycles. The number of carbonyl (C=O) groups is 1. The predicted molar refractivity (Wildman–Crippen MR) is 106 cm³/mol. The van der Waals surface area contributed by atoms with E-state index < -0.39 is 5.79 Å². The van der Waals surface area contributed by atoms with Gasteiger partial charge < -0.3 is 14.4 Å². The monoisotopic (exact) mass is 367 g/mol. The number of amides is 1. The maximum Gasteiger partial charge on any atom is 0.226 e. The van der Waals surface area contributed by atoms with Gasteiger partial charge in [-0.05, 0) is 31.4 Å². The fourth-order valence-corrected chi connectivity index (χ4v) is 3.51. The Labute approximate surface area is 162 Å². The molecule has 3 rings (SSSR count). The summed E-state index contributed by atoms with van der Waals surface area (Å²) in [7, 11) is 0. The standard InChI is InChI=1S/C23H29NO3/c1-18(14-21-17-26-23(2,3)27-21)22(25)24(15-19-10-6-4-7-11-19)16-20-12-8-5-9-13-20/h4-13,18,21H,14-17H2,1-3H3/t18-,21+/m1/s1. The van der Waals surface area contributed by atoms with E-state index in [0.717, 1.165) is 11.1 Å². The van der Waals surface area contributed by atoms with Crippen LogP contribution in [0, 0.1) is 5.92 Å². The zero-order chi connectivity index (χ0) is 19.3. The highest BCUT2D eigenvalue weighted by Crippen LogP contribution is 2.27. The zero-order valence-electron chi connectivity index (χ0n) is 16.4. The van der Waals surface area contributed by atoms with Crippen molar-refractivity contribution < 1.29 is 14.3 Å². The van der Waals surface area contributed by atoms with Gasteiger partial charge in [0.05, 0.1) is 12.7 Å². The van der Waals surface area contributed by atoms with E-state index in [1.54, 1.807) is 0 Å². The van der Waals surface area contributed by atoms with Crippen LogP contribution in [0.3, 0.4) is 0 Å². The van der Waals surface area contributed by atoms with Crippen LogP contribution in [-0.2, 0) is 27.4 Å². The maximum atomic E-state index is 13.2. The Hall–Kier alpha value is -2.17. The third-order valence-corrected chi connectivity index (χ3v) is 4.85. The van der Waals surface area contributed by atoms with Gasteiger partial charge in [-0.25, -0.2) is 0 Å². The van der Waals surface area contributed by atoms with Crippen LogP contribution >= 0.6 is 0 Å². The molecule has 4 nitrogen and oxygen atoms in total. The smallest absolute Gasteiger partial charge is 0.226 e. The summed E-state index contributed by atoms with van der Waals surface area (Å²) in [5.41, 5.74) is 2.27. The Kier molecular flexibility index (Phi) is 6.30. The lowest BCUT2D eigenvalue weighted by atomic mass is 10.0.